The Bertz CT molecular complexity index is 603. The Labute approximate surface area is 133 Å². The summed E-state index contributed by atoms with van der Waals surface area (Å²) in [6, 6.07) is 6.08. The summed E-state index contributed by atoms with van der Waals surface area (Å²) in [5, 5.41) is 5.95. The number of aromatic nitrogens is 1. The molecule has 0 N–H and O–H groups in total. The van der Waals surface area contributed by atoms with E-state index in [2.05, 4.69) is 16.6 Å². The van der Waals surface area contributed by atoms with E-state index in [4.69, 9.17) is 9.26 Å². The molecular formula is C16H20N2O3S. The molecule has 22 heavy (non-hydrogen) atoms. The van der Waals surface area contributed by atoms with Gasteiger partial charge in [-0.15, -0.1) is 11.3 Å². The minimum Gasteiger partial charge on any atom is -0.381 e. The maximum Gasteiger partial charge on any atom is 0.276 e. The fourth-order valence-electron chi connectivity index (χ4n) is 2.75. The van der Waals surface area contributed by atoms with Crippen molar-refractivity contribution in [3.05, 3.63) is 39.9 Å². The average molecular weight is 320 g/mol. The molecule has 2 aromatic heterocycles. The SMILES string of the molecule is Cc1cc(C(=O)N(CCc2cccs2)C2CCOCC2)no1. The maximum atomic E-state index is 12.8. The Morgan fingerprint density at radius 3 is 2.91 bits per heavy atom. The molecule has 0 saturated carbocycles. The van der Waals surface area contributed by atoms with E-state index in [0.717, 1.165) is 19.3 Å². The fourth-order valence-corrected chi connectivity index (χ4v) is 3.44. The molecule has 0 atom stereocenters. The summed E-state index contributed by atoms with van der Waals surface area (Å²) < 4.78 is 10.5. The van der Waals surface area contributed by atoms with Gasteiger partial charge in [-0.05, 0) is 37.6 Å². The zero-order valence-corrected chi connectivity index (χ0v) is 13.5. The van der Waals surface area contributed by atoms with Gasteiger partial charge in [-0.2, -0.15) is 0 Å². The van der Waals surface area contributed by atoms with Crippen molar-refractivity contribution in [1.82, 2.24) is 10.1 Å². The molecule has 6 heteroatoms. The van der Waals surface area contributed by atoms with Crippen LogP contribution in [0.15, 0.2) is 28.1 Å². The molecule has 1 fully saturated rings. The highest BCUT2D eigenvalue weighted by Gasteiger charge is 2.28. The van der Waals surface area contributed by atoms with Crippen LogP contribution in [-0.4, -0.2) is 41.8 Å². The molecule has 0 aromatic carbocycles. The Morgan fingerprint density at radius 1 is 1.45 bits per heavy atom. The van der Waals surface area contributed by atoms with Crippen LogP contribution in [0.2, 0.25) is 0 Å². The Kier molecular flexibility index (Phi) is 4.90. The first kappa shape index (κ1) is 15.2. The summed E-state index contributed by atoms with van der Waals surface area (Å²) in [4.78, 5) is 16.0. The molecule has 0 bridgehead atoms. The van der Waals surface area contributed by atoms with Crippen LogP contribution in [0, 0.1) is 6.92 Å². The molecule has 3 rings (SSSR count). The van der Waals surface area contributed by atoms with Crippen LogP contribution in [0.25, 0.3) is 0 Å². The van der Waals surface area contributed by atoms with E-state index < -0.39 is 0 Å². The lowest BCUT2D eigenvalue weighted by Crippen LogP contribution is -2.44. The monoisotopic (exact) mass is 320 g/mol. The van der Waals surface area contributed by atoms with Crippen LogP contribution >= 0.6 is 11.3 Å². The van der Waals surface area contributed by atoms with E-state index >= 15 is 0 Å². The van der Waals surface area contributed by atoms with Gasteiger partial charge in [-0.25, -0.2) is 0 Å². The zero-order valence-electron chi connectivity index (χ0n) is 12.7. The lowest BCUT2D eigenvalue weighted by molar-refractivity contribution is 0.0288. The van der Waals surface area contributed by atoms with E-state index in [9.17, 15) is 4.79 Å². The molecule has 0 unspecified atom stereocenters. The quantitative estimate of drug-likeness (QED) is 0.850. The maximum absolute atomic E-state index is 12.8. The van der Waals surface area contributed by atoms with E-state index in [1.165, 1.54) is 4.88 Å². The summed E-state index contributed by atoms with van der Waals surface area (Å²) in [6.07, 6.45) is 2.64. The van der Waals surface area contributed by atoms with Gasteiger partial charge >= 0.3 is 0 Å². The second-order valence-corrected chi connectivity index (χ2v) is 6.53. The van der Waals surface area contributed by atoms with Crippen LogP contribution in [0.1, 0.15) is 34.0 Å². The summed E-state index contributed by atoms with van der Waals surface area (Å²) in [6.45, 7) is 3.93. The van der Waals surface area contributed by atoms with Gasteiger partial charge in [-0.1, -0.05) is 11.2 Å². The molecule has 1 saturated heterocycles. The number of carbonyl (C=O) groups excluding carboxylic acids is 1. The van der Waals surface area contributed by atoms with Crippen LogP contribution in [0.3, 0.4) is 0 Å². The number of nitrogens with zero attached hydrogens (tertiary/aromatic N) is 2. The molecule has 2 aromatic rings. The third-order valence-corrected chi connectivity index (χ3v) is 4.85. The number of ether oxygens (including phenoxy) is 1. The highest BCUT2D eigenvalue weighted by Crippen LogP contribution is 2.19. The lowest BCUT2D eigenvalue weighted by atomic mass is 10.1. The van der Waals surface area contributed by atoms with Gasteiger partial charge in [0.1, 0.15) is 5.76 Å². The van der Waals surface area contributed by atoms with Crippen molar-refractivity contribution < 1.29 is 14.1 Å². The average Bonchev–Trinajstić information content (AvgIpc) is 3.20. The summed E-state index contributed by atoms with van der Waals surface area (Å²) in [5.74, 6) is 0.619. The zero-order chi connectivity index (χ0) is 15.4. The van der Waals surface area contributed by atoms with Crippen LogP contribution < -0.4 is 0 Å². The molecule has 1 aliphatic heterocycles. The third kappa shape index (κ3) is 3.56. The predicted molar refractivity (Wildman–Crippen MR) is 84.1 cm³/mol. The van der Waals surface area contributed by atoms with Gasteiger partial charge in [0.15, 0.2) is 5.69 Å². The van der Waals surface area contributed by atoms with Gasteiger partial charge in [0.05, 0.1) is 0 Å². The number of rotatable bonds is 5. The van der Waals surface area contributed by atoms with Crippen molar-refractivity contribution in [3.8, 4) is 0 Å². The summed E-state index contributed by atoms with van der Waals surface area (Å²) in [5.41, 5.74) is 0.398. The first-order valence-corrected chi connectivity index (χ1v) is 8.46. The molecule has 0 radical (unpaired) electrons. The fraction of sp³-hybridized carbons (Fsp3) is 0.500. The minimum absolute atomic E-state index is 0.0414. The molecule has 0 spiro atoms. The predicted octanol–water partition coefficient (Wildman–Crippen LogP) is 2.91. The molecule has 118 valence electrons. The molecule has 1 amide bonds. The molecule has 3 heterocycles. The number of carbonyl (C=O) groups is 1. The highest BCUT2D eigenvalue weighted by atomic mass is 32.1. The normalized spacial score (nSPS) is 15.9. The Balaban J connectivity index is 1.73. The van der Waals surface area contributed by atoms with Crippen molar-refractivity contribution in [2.24, 2.45) is 0 Å². The first-order chi connectivity index (χ1) is 10.7. The van der Waals surface area contributed by atoms with Crippen molar-refractivity contribution in [2.75, 3.05) is 19.8 Å². The van der Waals surface area contributed by atoms with E-state index in [1.807, 2.05) is 11.0 Å². The topological polar surface area (TPSA) is 55.6 Å². The number of thiophene rings is 1. The Morgan fingerprint density at radius 2 is 2.27 bits per heavy atom. The number of hydrogen-bond acceptors (Lipinski definition) is 5. The van der Waals surface area contributed by atoms with Crippen molar-refractivity contribution in [3.63, 3.8) is 0 Å². The van der Waals surface area contributed by atoms with Crippen LogP contribution in [0.4, 0.5) is 0 Å². The van der Waals surface area contributed by atoms with Crippen molar-refractivity contribution in [1.29, 1.82) is 0 Å². The number of amides is 1. The summed E-state index contributed by atoms with van der Waals surface area (Å²) in [7, 11) is 0. The smallest absolute Gasteiger partial charge is 0.276 e. The molecular weight excluding hydrogens is 300 g/mol. The second-order valence-electron chi connectivity index (χ2n) is 5.49. The summed E-state index contributed by atoms with van der Waals surface area (Å²) >= 11 is 1.73. The second kappa shape index (κ2) is 7.07. The van der Waals surface area contributed by atoms with E-state index in [0.29, 0.717) is 31.2 Å². The van der Waals surface area contributed by atoms with Gasteiger partial charge in [0.2, 0.25) is 0 Å². The third-order valence-electron chi connectivity index (χ3n) is 3.92. The molecule has 1 aliphatic rings. The van der Waals surface area contributed by atoms with Gasteiger partial charge in [0.25, 0.3) is 5.91 Å². The number of aryl methyl sites for hydroxylation is 1. The first-order valence-electron chi connectivity index (χ1n) is 7.58. The van der Waals surface area contributed by atoms with Crippen LogP contribution in [0.5, 0.6) is 0 Å². The largest absolute Gasteiger partial charge is 0.381 e. The van der Waals surface area contributed by atoms with Crippen molar-refractivity contribution >= 4 is 17.2 Å². The van der Waals surface area contributed by atoms with Gasteiger partial charge in [0, 0.05) is 36.7 Å². The Hall–Kier alpha value is -1.66. The highest BCUT2D eigenvalue weighted by molar-refractivity contribution is 7.09. The number of hydrogen-bond donors (Lipinski definition) is 0. The molecule has 0 aliphatic carbocycles. The standard InChI is InChI=1S/C16H20N2O3S/c1-12-11-15(17-21-12)16(19)18(13-5-8-20-9-6-13)7-4-14-3-2-10-22-14/h2-3,10-11,13H,4-9H2,1H3. The van der Waals surface area contributed by atoms with E-state index in [1.54, 1.807) is 24.3 Å². The van der Waals surface area contributed by atoms with Gasteiger partial charge < -0.3 is 14.2 Å². The van der Waals surface area contributed by atoms with Crippen LogP contribution in [-0.2, 0) is 11.2 Å². The van der Waals surface area contributed by atoms with Crippen molar-refractivity contribution in [2.45, 2.75) is 32.2 Å². The minimum atomic E-state index is -0.0414. The lowest BCUT2D eigenvalue weighted by Gasteiger charge is -2.33. The van der Waals surface area contributed by atoms with E-state index in [-0.39, 0.29) is 11.9 Å². The molecule has 5 nitrogen and oxygen atoms in total. The van der Waals surface area contributed by atoms with Gasteiger partial charge in [-0.3, -0.25) is 4.79 Å².